The molecule has 154 valence electrons. The Kier molecular flexibility index (Phi) is 7.62. The SMILES string of the molecule is CCNC(=NCc1ccnc(OCC2CC2)c1)NCc1nnc2ccccn12.I. The average molecular weight is 507 g/mol. The zero-order chi connectivity index (χ0) is 19.2. The Morgan fingerprint density at radius 1 is 1.24 bits per heavy atom. The number of guanidine groups is 1. The van der Waals surface area contributed by atoms with Crippen molar-refractivity contribution in [2.75, 3.05) is 13.2 Å². The predicted molar refractivity (Wildman–Crippen MR) is 123 cm³/mol. The topological polar surface area (TPSA) is 88.7 Å². The van der Waals surface area contributed by atoms with Gasteiger partial charge < -0.3 is 15.4 Å². The number of halogens is 1. The minimum atomic E-state index is 0. The first-order chi connectivity index (χ1) is 13.8. The number of rotatable bonds is 8. The van der Waals surface area contributed by atoms with E-state index >= 15 is 0 Å². The number of nitrogens with zero attached hydrogens (tertiary/aromatic N) is 5. The van der Waals surface area contributed by atoms with Crippen LogP contribution in [0.25, 0.3) is 5.65 Å². The highest BCUT2D eigenvalue weighted by atomic mass is 127. The summed E-state index contributed by atoms with van der Waals surface area (Å²) in [6.07, 6.45) is 6.26. The number of hydrogen-bond acceptors (Lipinski definition) is 5. The number of aromatic nitrogens is 4. The third-order valence-corrected chi connectivity index (χ3v) is 4.53. The Bertz CT molecular complexity index is 955. The van der Waals surface area contributed by atoms with E-state index in [-0.39, 0.29) is 24.0 Å². The molecule has 3 heterocycles. The number of hydrogen-bond donors (Lipinski definition) is 2. The molecule has 0 aromatic carbocycles. The van der Waals surface area contributed by atoms with E-state index in [1.54, 1.807) is 6.20 Å². The van der Waals surface area contributed by atoms with Gasteiger partial charge in [-0.25, -0.2) is 9.98 Å². The fourth-order valence-corrected chi connectivity index (χ4v) is 2.80. The molecule has 0 unspecified atom stereocenters. The standard InChI is InChI=1S/C20H25N7O.HI/c1-2-21-20(24-13-18-26-25-17-5-3-4-10-27(17)18)23-12-16-8-9-22-19(11-16)28-14-15-6-7-15;/h3-5,8-11,15H,2,6-7,12-14H2,1H3,(H2,21,23,24);1H. The van der Waals surface area contributed by atoms with E-state index in [4.69, 9.17) is 4.74 Å². The van der Waals surface area contributed by atoms with Crippen molar-refractivity contribution in [2.24, 2.45) is 10.9 Å². The first-order valence-electron chi connectivity index (χ1n) is 9.70. The molecular weight excluding hydrogens is 481 g/mol. The second kappa shape index (κ2) is 10.4. The van der Waals surface area contributed by atoms with Crippen LogP contribution in [0.15, 0.2) is 47.7 Å². The van der Waals surface area contributed by atoms with Crippen LogP contribution in [0.5, 0.6) is 5.88 Å². The zero-order valence-corrected chi connectivity index (χ0v) is 18.7. The highest BCUT2D eigenvalue weighted by Crippen LogP contribution is 2.29. The van der Waals surface area contributed by atoms with Gasteiger partial charge in [-0.05, 0) is 49.4 Å². The largest absolute Gasteiger partial charge is 0.477 e. The van der Waals surface area contributed by atoms with Crippen molar-refractivity contribution in [3.63, 3.8) is 0 Å². The Labute approximate surface area is 187 Å². The predicted octanol–water partition coefficient (Wildman–Crippen LogP) is 2.79. The summed E-state index contributed by atoms with van der Waals surface area (Å²) in [5.41, 5.74) is 1.89. The van der Waals surface area contributed by atoms with Crippen molar-refractivity contribution in [1.82, 2.24) is 30.2 Å². The van der Waals surface area contributed by atoms with E-state index in [1.807, 2.05) is 47.9 Å². The van der Waals surface area contributed by atoms with Gasteiger partial charge >= 0.3 is 0 Å². The van der Waals surface area contributed by atoms with Gasteiger partial charge in [-0.2, -0.15) is 0 Å². The summed E-state index contributed by atoms with van der Waals surface area (Å²) < 4.78 is 7.71. The molecule has 1 fully saturated rings. The minimum Gasteiger partial charge on any atom is -0.477 e. The van der Waals surface area contributed by atoms with Crippen LogP contribution in [-0.2, 0) is 13.1 Å². The van der Waals surface area contributed by atoms with E-state index in [9.17, 15) is 0 Å². The lowest BCUT2D eigenvalue weighted by atomic mass is 10.3. The molecule has 29 heavy (non-hydrogen) atoms. The van der Waals surface area contributed by atoms with E-state index in [2.05, 4.69) is 30.8 Å². The number of nitrogens with one attached hydrogen (secondary N) is 2. The minimum absolute atomic E-state index is 0. The van der Waals surface area contributed by atoms with Crippen molar-refractivity contribution in [3.05, 3.63) is 54.1 Å². The van der Waals surface area contributed by atoms with Crippen molar-refractivity contribution < 1.29 is 4.74 Å². The second-order valence-electron chi connectivity index (χ2n) is 6.85. The molecule has 0 spiro atoms. The fourth-order valence-electron chi connectivity index (χ4n) is 2.80. The van der Waals surface area contributed by atoms with Gasteiger partial charge in [-0.3, -0.25) is 4.40 Å². The third-order valence-electron chi connectivity index (χ3n) is 4.53. The van der Waals surface area contributed by atoms with Crippen LogP contribution < -0.4 is 15.4 Å². The van der Waals surface area contributed by atoms with E-state index < -0.39 is 0 Å². The first kappa shape index (κ1) is 21.3. The molecular formula is C20H26IN7O. The fraction of sp³-hybridized carbons (Fsp3) is 0.400. The third kappa shape index (κ3) is 6.02. The lowest BCUT2D eigenvalue weighted by molar-refractivity contribution is 0.288. The van der Waals surface area contributed by atoms with Crippen molar-refractivity contribution >= 4 is 35.6 Å². The molecule has 4 rings (SSSR count). The summed E-state index contributed by atoms with van der Waals surface area (Å²) in [5.74, 6) is 2.95. The quantitative estimate of drug-likeness (QED) is 0.277. The first-order valence-corrected chi connectivity index (χ1v) is 9.70. The molecule has 9 heteroatoms. The zero-order valence-electron chi connectivity index (χ0n) is 16.4. The Hall–Kier alpha value is -2.43. The van der Waals surface area contributed by atoms with Crippen LogP contribution >= 0.6 is 24.0 Å². The maximum Gasteiger partial charge on any atom is 0.213 e. The van der Waals surface area contributed by atoms with Gasteiger partial charge in [-0.15, -0.1) is 34.2 Å². The highest BCUT2D eigenvalue weighted by molar-refractivity contribution is 14.0. The summed E-state index contributed by atoms with van der Waals surface area (Å²) in [6.45, 7) is 4.65. The molecule has 0 radical (unpaired) electrons. The molecule has 3 aromatic heterocycles. The molecule has 0 amide bonds. The number of aliphatic imine (C=N–C) groups is 1. The lowest BCUT2D eigenvalue weighted by Crippen LogP contribution is -2.37. The van der Waals surface area contributed by atoms with Crippen molar-refractivity contribution in [1.29, 1.82) is 0 Å². The number of pyridine rings is 2. The molecule has 1 saturated carbocycles. The summed E-state index contributed by atoms with van der Waals surface area (Å²) in [7, 11) is 0. The van der Waals surface area contributed by atoms with Crippen molar-refractivity contribution in [2.45, 2.75) is 32.9 Å². The molecule has 3 aromatic rings. The molecule has 0 saturated heterocycles. The number of fused-ring (bicyclic) bond motifs is 1. The smallest absolute Gasteiger partial charge is 0.213 e. The molecule has 0 bridgehead atoms. The van der Waals surface area contributed by atoms with Gasteiger partial charge in [-0.1, -0.05) is 6.07 Å². The van der Waals surface area contributed by atoms with E-state index in [0.29, 0.717) is 24.9 Å². The lowest BCUT2D eigenvalue weighted by Gasteiger charge is -2.11. The Morgan fingerprint density at radius 3 is 2.97 bits per heavy atom. The van der Waals surface area contributed by atoms with Crippen LogP contribution in [0.4, 0.5) is 0 Å². The van der Waals surface area contributed by atoms with Crippen LogP contribution in [0.3, 0.4) is 0 Å². The summed E-state index contributed by atoms with van der Waals surface area (Å²) in [5, 5.41) is 15.0. The van der Waals surface area contributed by atoms with Crippen LogP contribution in [-0.4, -0.2) is 38.7 Å². The van der Waals surface area contributed by atoms with Gasteiger partial charge in [0.25, 0.3) is 0 Å². The van der Waals surface area contributed by atoms with Crippen LogP contribution in [0.1, 0.15) is 31.2 Å². The van der Waals surface area contributed by atoms with Crippen LogP contribution in [0.2, 0.25) is 0 Å². The molecule has 8 nitrogen and oxygen atoms in total. The Morgan fingerprint density at radius 2 is 2.14 bits per heavy atom. The van der Waals surface area contributed by atoms with Crippen molar-refractivity contribution in [3.8, 4) is 5.88 Å². The van der Waals surface area contributed by atoms with Crippen LogP contribution in [0, 0.1) is 5.92 Å². The second-order valence-corrected chi connectivity index (χ2v) is 6.85. The molecule has 1 aliphatic rings. The highest BCUT2D eigenvalue weighted by Gasteiger charge is 2.22. The number of ether oxygens (including phenoxy) is 1. The average Bonchev–Trinajstić information content (AvgIpc) is 3.47. The maximum absolute atomic E-state index is 5.75. The molecule has 0 aliphatic heterocycles. The van der Waals surface area contributed by atoms with Gasteiger partial charge in [0.05, 0.1) is 19.7 Å². The summed E-state index contributed by atoms with van der Waals surface area (Å²) >= 11 is 0. The Balaban J connectivity index is 0.00000240. The van der Waals surface area contributed by atoms with Gasteiger partial charge in [0.1, 0.15) is 0 Å². The van der Waals surface area contributed by atoms with Gasteiger partial charge in [0.15, 0.2) is 17.4 Å². The van der Waals surface area contributed by atoms with Gasteiger partial charge in [0, 0.05) is 25.0 Å². The monoisotopic (exact) mass is 507 g/mol. The summed E-state index contributed by atoms with van der Waals surface area (Å²) in [4.78, 5) is 8.95. The van der Waals surface area contributed by atoms with E-state index in [1.165, 1.54) is 12.8 Å². The van der Waals surface area contributed by atoms with E-state index in [0.717, 1.165) is 36.1 Å². The normalized spacial score (nSPS) is 13.8. The molecule has 2 N–H and O–H groups in total. The summed E-state index contributed by atoms with van der Waals surface area (Å²) in [6, 6.07) is 9.77. The molecule has 1 aliphatic carbocycles. The van der Waals surface area contributed by atoms with Gasteiger partial charge in [0.2, 0.25) is 5.88 Å². The molecule has 0 atom stereocenters. The maximum atomic E-state index is 5.75.